The molecule has 0 aliphatic rings. The van der Waals surface area contributed by atoms with E-state index in [1.165, 1.54) is 11.8 Å². The molecular formula is C23H25N3O4S. The molecule has 8 heteroatoms. The molecule has 0 radical (unpaired) electrons. The van der Waals surface area contributed by atoms with E-state index in [4.69, 9.17) is 14.2 Å². The molecule has 162 valence electrons. The van der Waals surface area contributed by atoms with Gasteiger partial charge < -0.3 is 19.5 Å². The fourth-order valence-electron chi connectivity index (χ4n) is 2.87. The van der Waals surface area contributed by atoms with Gasteiger partial charge >= 0.3 is 0 Å². The van der Waals surface area contributed by atoms with Crippen molar-refractivity contribution in [1.29, 1.82) is 0 Å². The van der Waals surface area contributed by atoms with Crippen LogP contribution in [0.2, 0.25) is 0 Å². The molecule has 3 aromatic rings. The van der Waals surface area contributed by atoms with E-state index in [-0.39, 0.29) is 17.7 Å². The van der Waals surface area contributed by atoms with Gasteiger partial charge in [0, 0.05) is 18.0 Å². The fourth-order valence-corrected chi connectivity index (χ4v) is 3.58. The quantitative estimate of drug-likeness (QED) is 0.489. The third kappa shape index (κ3) is 6.11. The molecule has 1 amide bonds. The highest BCUT2D eigenvalue weighted by Gasteiger charge is 2.17. The molecule has 0 saturated carbocycles. The monoisotopic (exact) mass is 439 g/mol. The molecule has 1 N–H and O–H groups in total. The fraction of sp³-hybridized carbons (Fsp3) is 0.261. The highest BCUT2D eigenvalue weighted by Crippen LogP contribution is 2.31. The maximum atomic E-state index is 12.6. The third-order valence-corrected chi connectivity index (χ3v) is 5.45. The summed E-state index contributed by atoms with van der Waals surface area (Å²) in [6.07, 6.45) is 3.14. The number of amides is 1. The number of rotatable bonds is 9. The number of benzene rings is 2. The Morgan fingerprint density at radius 1 is 1.03 bits per heavy atom. The lowest BCUT2D eigenvalue weighted by Crippen LogP contribution is -2.28. The smallest absolute Gasteiger partial charge is 0.252 e. The Hall–Kier alpha value is -3.26. The highest BCUT2D eigenvalue weighted by atomic mass is 32.2. The molecule has 1 aromatic heterocycles. The second-order valence-electron chi connectivity index (χ2n) is 6.77. The Balaban J connectivity index is 1.63. The highest BCUT2D eigenvalue weighted by molar-refractivity contribution is 8.00. The number of nitrogens with one attached hydrogen (secondary N) is 1. The van der Waals surface area contributed by atoms with Crippen molar-refractivity contribution in [3.05, 3.63) is 66.0 Å². The van der Waals surface area contributed by atoms with Gasteiger partial charge in [0.25, 0.3) is 5.88 Å². The molecule has 31 heavy (non-hydrogen) atoms. The van der Waals surface area contributed by atoms with E-state index in [1.807, 2.05) is 56.3 Å². The van der Waals surface area contributed by atoms with Gasteiger partial charge in [-0.25, -0.2) is 9.97 Å². The maximum Gasteiger partial charge on any atom is 0.252 e. The molecule has 1 atom stereocenters. The second-order valence-corrected chi connectivity index (χ2v) is 7.73. The first-order valence-corrected chi connectivity index (χ1v) is 10.7. The minimum atomic E-state index is -0.261. The summed E-state index contributed by atoms with van der Waals surface area (Å²) < 4.78 is 16.5. The zero-order valence-corrected chi connectivity index (χ0v) is 18.7. The normalized spacial score (nSPS) is 11.5. The minimum Gasteiger partial charge on any atom is -0.497 e. The number of methoxy groups -OCH3 is 2. The van der Waals surface area contributed by atoms with Gasteiger partial charge in [0.2, 0.25) is 5.91 Å². The number of aromatic nitrogens is 2. The Morgan fingerprint density at radius 3 is 2.45 bits per heavy atom. The summed E-state index contributed by atoms with van der Waals surface area (Å²) >= 11 is 1.27. The van der Waals surface area contributed by atoms with Gasteiger partial charge in [0.1, 0.15) is 17.2 Å². The number of thioether (sulfide) groups is 1. The van der Waals surface area contributed by atoms with Crippen LogP contribution >= 0.6 is 11.8 Å². The first kappa shape index (κ1) is 22.4. The van der Waals surface area contributed by atoms with Crippen molar-refractivity contribution in [3.63, 3.8) is 0 Å². The number of ether oxygens (including phenoxy) is 3. The lowest BCUT2D eigenvalue weighted by Gasteiger charge is -2.18. The van der Waals surface area contributed by atoms with Crippen LogP contribution in [0, 0.1) is 6.92 Å². The topological polar surface area (TPSA) is 82.6 Å². The lowest BCUT2D eigenvalue weighted by atomic mass is 10.1. The Labute approximate surface area is 186 Å². The van der Waals surface area contributed by atoms with Crippen LogP contribution < -0.4 is 19.5 Å². The van der Waals surface area contributed by atoms with Crippen LogP contribution in [0.3, 0.4) is 0 Å². The summed E-state index contributed by atoms with van der Waals surface area (Å²) in [5, 5.41) is 3.53. The number of carbonyl (C=O) groups excluding carboxylic acids is 1. The molecule has 0 saturated heterocycles. The Morgan fingerprint density at radius 2 is 1.74 bits per heavy atom. The van der Waals surface area contributed by atoms with Crippen molar-refractivity contribution >= 4 is 17.7 Å². The third-order valence-electron chi connectivity index (χ3n) is 4.49. The molecule has 7 nitrogen and oxygen atoms in total. The molecule has 3 rings (SSSR count). The molecule has 1 unspecified atom stereocenters. The van der Waals surface area contributed by atoms with Crippen LogP contribution in [0.1, 0.15) is 24.1 Å². The number of hydrogen-bond acceptors (Lipinski definition) is 7. The van der Waals surface area contributed by atoms with Crippen molar-refractivity contribution < 1.29 is 19.0 Å². The van der Waals surface area contributed by atoms with Crippen LogP contribution in [-0.4, -0.2) is 35.8 Å². The molecule has 1 heterocycles. The largest absolute Gasteiger partial charge is 0.497 e. The maximum absolute atomic E-state index is 12.6. The van der Waals surface area contributed by atoms with Crippen molar-refractivity contribution in [1.82, 2.24) is 15.3 Å². The van der Waals surface area contributed by atoms with E-state index in [0.29, 0.717) is 28.2 Å². The number of hydrogen-bond donors (Lipinski definition) is 1. The molecule has 0 bridgehead atoms. The average Bonchev–Trinajstić information content (AvgIpc) is 2.79. The summed E-state index contributed by atoms with van der Waals surface area (Å²) in [4.78, 5) is 21.1. The van der Waals surface area contributed by atoms with Gasteiger partial charge in [-0.3, -0.25) is 4.79 Å². The molecule has 0 fully saturated rings. The van der Waals surface area contributed by atoms with Crippen LogP contribution in [0.5, 0.6) is 23.1 Å². The SMILES string of the molecule is COc1ccc(OC)c(C(C)NC(=O)CSc2nccnc2Oc2ccc(C)cc2)c1. The van der Waals surface area contributed by atoms with Crippen molar-refractivity contribution in [3.8, 4) is 23.1 Å². The predicted octanol–water partition coefficient (Wildman–Crippen LogP) is 4.56. The standard InChI is InChI=1S/C23H25N3O4S/c1-15-5-7-17(8-6-15)30-22-23(25-12-11-24-22)31-14-21(27)26-16(2)19-13-18(28-3)9-10-20(19)29-4/h5-13,16H,14H2,1-4H3,(H,26,27). The van der Waals surface area contributed by atoms with Crippen molar-refractivity contribution in [2.24, 2.45) is 0 Å². The van der Waals surface area contributed by atoms with Gasteiger partial charge in [0.15, 0.2) is 5.03 Å². The zero-order valence-electron chi connectivity index (χ0n) is 17.9. The summed E-state index contributed by atoms with van der Waals surface area (Å²) in [6, 6.07) is 12.9. The van der Waals surface area contributed by atoms with E-state index >= 15 is 0 Å². The van der Waals surface area contributed by atoms with E-state index in [1.54, 1.807) is 26.6 Å². The van der Waals surface area contributed by atoms with Crippen molar-refractivity contribution in [2.45, 2.75) is 24.9 Å². The van der Waals surface area contributed by atoms with Crippen LogP contribution in [0.15, 0.2) is 59.9 Å². The molecule has 0 aliphatic heterocycles. The number of carbonyl (C=O) groups is 1. The van der Waals surface area contributed by atoms with E-state index in [0.717, 1.165) is 11.1 Å². The first-order chi connectivity index (χ1) is 15.0. The second kappa shape index (κ2) is 10.7. The summed E-state index contributed by atoms with van der Waals surface area (Å²) in [7, 11) is 3.20. The summed E-state index contributed by atoms with van der Waals surface area (Å²) in [5.41, 5.74) is 1.97. The first-order valence-electron chi connectivity index (χ1n) is 9.69. The number of aryl methyl sites for hydroxylation is 1. The Kier molecular flexibility index (Phi) is 7.72. The molecule has 2 aromatic carbocycles. The summed E-state index contributed by atoms with van der Waals surface area (Å²) in [6.45, 7) is 3.90. The minimum absolute atomic E-state index is 0.144. The van der Waals surface area contributed by atoms with Crippen LogP contribution in [0.4, 0.5) is 0 Å². The van der Waals surface area contributed by atoms with Crippen LogP contribution in [0.25, 0.3) is 0 Å². The summed E-state index contributed by atoms with van der Waals surface area (Å²) in [5.74, 6) is 2.43. The van der Waals surface area contributed by atoms with Gasteiger partial charge in [-0.15, -0.1) is 0 Å². The Bertz CT molecular complexity index is 1030. The van der Waals surface area contributed by atoms with Crippen LogP contribution in [-0.2, 0) is 4.79 Å². The van der Waals surface area contributed by atoms with Gasteiger partial charge in [-0.1, -0.05) is 29.5 Å². The number of nitrogens with zero attached hydrogens (tertiary/aromatic N) is 2. The van der Waals surface area contributed by atoms with Gasteiger partial charge in [-0.05, 0) is 44.2 Å². The molecule has 0 aliphatic carbocycles. The van der Waals surface area contributed by atoms with E-state index in [9.17, 15) is 4.79 Å². The molecular weight excluding hydrogens is 414 g/mol. The average molecular weight is 440 g/mol. The van der Waals surface area contributed by atoms with Gasteiger partial charge in [-0.2, -0.15) is 0 Å². The van der Waals surface area contributed by atoms with Gasteiger partial charge in [0.05, 0.1) is 26.0 Å². The van der Waals surface area contributed by atoms with Crippen molar-refractivity contribution in [2.75, 3.05) is 20.0 Å². The van der Waals surface area contributed by atoms with E-state index < -0.39 is 0 Å². The molecule has 0 spiro atoms. The lowest BCUT2D eigenvalue weighted by molar-refractivity contribution is -0.119. The zero-order chi connectivity index (χ0) is 22.2. The van der Waals surface area contributed by atoms with E-state index in [2.05, 4.69) is 15.3 Å². The predicted molar refractivity (Wildman–Crippen MR) is 120 cm³/mol.